The van der Waals surface area contributed by atoms with Crippen LogP contribution in [0.15, 0.2) is 30.3 Å². The number of nitrogens with one attached hydrogen (secondary N) is 2. The Labute approximate surface area is 140 Å². The summed E-state index contributed by atoms with van der Waals surface area (Å²) >= 11 is 0. The van der Waals surface area contributed by atoms with Crippen molar-refractivity contribution in [1.29, 1.82) is 0 Å². The van der Waals surface area contributed by atoms with Gasteiger partial charge in [0.1, 0.15) is 0 Å². The molecule has 0 aromatic heterocycles. The molecule has 1 aromatic carbocycles. The highest BCUT2D eigenvalue weighted by molar-refractivity contribution is 7.87. The Hall–Kier alpha value is -0.660. The number of hydrogen-bond donors (Lipinski definition) is 2. The van der Waals surface area contributed by atoms with Crippen molar-refractivity contribution in [2.45, 2.75) is 26.3 Å². The summed E-state index contributed by atoms with van der Waals surface area (Å²) in [5.41, 5.74) is 1.00. The Balaban J connectivity index is 0.00000242. The molecule has 1 atom stereocenters. The quantitative estimate of drug-likeness (QED) is 0.753. The molecule has 0 aliphatic carbocycles. The molecule has 0 amide bonds. The third-order valence-electron chi connectivity index (χ3n) is 3.89. The third-order valence-corrected chi connectivity index (χ3v) is 5.53. The lowest BCUT2D eigenvalue weighted by Crippen LogP contribution is -2.41. The number of hydrogen-bond acceptors (Lipinski definition) is 3. The minimum atomic E-state index is -3.40. The number of halogens is 1. The minimum absolute atomic E-state index is 0. The highest BCUT2D eigenvalue weighted by Gasteiger charge is 2.21. The molecule has 0 saturated carbocycles. The van der Waals surface area contributed by atoms with Gasteiger partial charge in [-0.05, 0) is 37.4 Å². The molecule has 1 aliphatic heterocycles. The molecule has 7 heteroatoms. The van der Waals surface area contributed by atoms with E-state index in [0.29, 0.717) is 25.6 Å². The van der Waals surface area contributed by atoms with E-state index >= 15 is 0 Å². The van der Waals surface area contributed by atoms with Crippen LogP contribution >= 0.6 is 12.4 Å². The van der Waals surface area contributed by atoms with Gasteiger partial charge in [0.05, 0.1) is 0 Å². The van der Waals surface area contributed by atoms with E-state index in [1.54, 1.807) is 0 Å². The van der Waals surface area contributed by atoms with Gasteiger partial charge >= 0.3 is 0 Å². The van der Waals surface area contributed by atoms with Gasteiger partial charge in [0, 0.05) is 19.6 Å². The summed E-state index contributed by atoms with van der Waals surface area (Å²) in [4.78, 5) is 0. The first-order valence-corrected chi connectivity index (χ1v) is 9.05. The van der Waals surface area contributed by atoms with Crippen molar-refractivity contribution in [3.63, 3.8) is 0 Å². The summed E-state index contributed by atoms with van der Waals surface area (Å²) in [5.74, 6) is 0.594. The molecule has 1 fully saturated rings. The van der Waals surface area contributed by atoms with Crippen LogP contribution in [0.4, 0.5) is 0 Å². The van der Waals surface area contributed by atoms with Gasteiger partial charge in [-0.2, -0.15) is 12.7 Å². The second-order valence-electron chi connectivity index (χ2n) is 5.46. The van der Waals surface area contributed by atoms with Crippen molar-refractivity contribution >= 4 is 22.6 Å². The first kappa shape index (κ1) is 19.4. The van der Waals surface area contributed by atoms with E-state index in [4.69, 9.17) is 0 Å². The second-order valence-corrected chi connectivity index (χ2v) is 7.21. The predicted octanol–water partition coefficient (Wildman–Crippen LogP) is 1.76. The predicted molar refractivity (Wildman–Crippen MR) is 92.3 cm³/mol. The maximum atomic E-state index is 12.3. The molecular formula is C15H26ClN3O2S. The van der Waals surface area contributed by atoms with Gasteiger partial charge in [-0.1, -0.05) is 37.3 Å². The molecule has 1 saturated heterocycles. The summed E-state index contributed by atoms with van der Waals surface area (Å²) in [6.45, 7) is 5.31. The molecule has 2 N–H and O–H groups in total. The largest absolute Gasteiger partial charge is 0.316 e. The third kappa shape index (κ3) is 5.85. The Bertz CT molecular complexity index is 519. The lowest BCUT2D eigenvalue weighted by atomic mass is 10.1. The molecule has 0 bridgehead atoms. The van der Waals surface area contributed by atoms with Crippen LogP contribution in [0.1, 0.15) is 25.3 Å². The molecule has 1 unspecified atom stereocenters. The Morgan fingerprint density at radius 1 is 1.32 bits per heavy atom. The number of benzene rings is 1. The monoisotopic (exact) mass is 347 g/mol. The Morgan fingerprint density at radius 3 is 2.64 bits per heavy atom. The van der Waals surface area contributed by atoms with E-state index in [1.807, 2.05) is 37.3 Å². The van der Waals surface area contributed by atoms with Crippen molar-refractivity contribution in [3.8, 4) is 0 Å². The highest BCUT2D eigenvalue weighted by atomic mass is 35.5. The molecule has 0 spiro atoms. The average Bonchev–Trinajstić information content (AvgIpc) is 2.98. The van der Waals surface area contributed by atoms with Crippen molar-refractivity contribution < 1.29 is 8.42 Å². The fourth-order valence-corrected chi connectivity index (χ4v) is 3.82. The van der Waals surface area contributed by atoms with Crippen molar-refractivity contribution in [2.75, 3.05) is 26.2 Å². The molecule has 126 valence electrons. The van der Waals surface area contributed by atoms with Crippen LogP contribution in [0, 0.1) is 5.92 Å². The average molecular weight is 348 g/mol. The highest BCUT2D eigenvalue weighted by Crippen LogP contribution is 2.12. The SMILES string of the molecule is CCN(Cc1ccccc1)S(=O)(=O)NCCC1CCNC1.Cl. The summed E-state index contributed by atoms with van der Waals surface area (Å²) in [6, 6.07) is 9.68. The van der Waals surface area contributed by atoms with E-state index in [-0.39, 0.29) is 12.4 Å². The van der Waals surface area contributed by atoms with Gasteiger partial charge in [0.2, 0.25) is 0 Å². The smallest absolute Gasteiger partial charge is 0.279 e. The topological polar surface area (TPSA) is 61.4 Å². The maximum absolute atomic E-state index is 12.3. The first-order chi connectivity index (χ1) is 10.1. The summed E-state index contributed by atoms with van der Waals surface area (Å²) < 4.78 is 28.9. The maximum Gasteiger partial charge on any atom is 0.279 e. The van der Waals surface area contributed by atoms with Crippen LogP contribution in [0.5, 0.6) is 0 Å². The first-order valence-electron chi connectivity index (χ1n) is 7.61. The van der Waals surface area contributed by atoms with Crippen LogP contribution < -0.4 is 10.0 Å². The van der Waals surface area contributed by atoms with Gasteiger partial charge in [0.15, 0.2) is 0 Å². The van der Waals surface area contributed by atoms with Crippen LogP contribution in [0.25, 0.3) is 0 Å². The van der Waals surface area contributed by atoms with E-state index in [9.17, 15) is 8.42 Å². The summed E-state index contributed by atoms with van der Waals surface area (Å²) in [5, 5.41) is 3.30. The molecule has 5 nitrogen and oxygen atoms in total. The van der Waals surface area contributed by atoms with E-state index in [1.165, 1.54) is 4.31 Å². The molecule has 1 aromatic rings. The van der Waals surface area contributed by atoms with E-state index in [2.05, 4.69) is 10.0 Å². The van der Waals surface area contributed by atoms with E-state index < -0.39 is 10.2 Å². The van der Waals surface area contributed by atoms with Crippen LogP contribution in [-0.4, -0.2) is 38.9 Å². The molecule has 1 aliphatic rings. The van der Waals surface area contributed by atoms with Crippen molar-refractivity contribution in [3.05, 3.63) is 35.9 Å². The van der Waals surface area contributed by atoms with Gasteiger partial charge in [-0.15, -0.1) is 12.4 Å². The fraction of sp³-hybridized carbons (Fsp3) is 0.600. The normalized spacial score (nSPS) is 18.4. The van der Waals surface area contributed by atoms with Gasteiger partial charge < -0.3 is 5.32 Å². The summed E-state index contributed by atoms with van der Waals surface area (Å²) in [7, 11) is -3.40. The lowest BCUT2D eigenvalue weighted by molar-refractivity contribution is 0.410. The molecule has 22 heavy (non-hydrogen) atoms. The fourth-order valence-electron chi connectivity index (χ4n) is 2.60. The Morgan fingerprint density at radius 2 is 2.05 bits per heavy atom. The van der Waals surface area contributed by atoms with Crippen molar-refractivity contribution in [1.82, 2.24) is 14.3 Å². The minimum Gasteiger partial charge on any atom is -0.316 e. The van der Waals surface area contributed by atoms with E-state index in [0.717, 1.165) is 31.5 Å². The molecule has 0 radical (unpaired) electrons. The van der Waals surface area contributed by atoms with Crippen LogP contribution in [0.2, 0.25) is 0 Å². The molecule has 1 heterocycles. The van der Waals surface area contributed by atoms with Crippen LogP contribution in [0.3, 0.4) is 0 Å². The number of rotatable bonds is 8. The van der Waals surface area contributed by atoms with Crippen molar-refractivity contribution in [2.24, 2.45) is 5.92 Å². The molecular weight excluding hydrogens is 322 g/mol. The van der Waals surface area contributed by atoms with Crippen LogP contribution in [-0.2, 0) is 16.8 Å². The number of nitrogens with zero attached hydrogens (tertiary/aromatic N) is 1. The zero-order valence-electron chi connectivity index (χ0n) is 13.0. The zero-order chi connectivity index (χ0) is 15.1. The lowest BCUT2D eigenvalue weighted by Gasteiger charge is -2.21. The van der Waals surface area contributed by atoms with Gasteiger partial charge in [-0.3, -0.25) is 0 Å². The van der Waals surface area contributed by atoms with Gasteiger partial charge in [0.25, 0.3) is 10.2 Å². The zero-order valence-corrected chi connectivity index (χ0v) is 14.6. The summed E-state index contributed by atoms with van der Waals surface area (Å²) in [6.07, 6.45) is 2.04. The Kier molecular flexibility index (Phi) is 8.35. The molecule has 2 rings (SSSR count). The standard InChI is InChI=1S/C15H25N3O2S.ClH/c1-2-18(13-15-6-4-3-5-7-15)21(19,20)17-11-9-14-8-10-16-12-14;/h3-7,14,16-17H,2,8-13H2,1H3;1H. The second kappa shape index (κ2) is 9.47. The van der Waals surface area contributed by atoms with Gasteiger partial charge in [-0.25, -0.2) is 4.72 Å².